The number of amides is 1. The molecule has 1 aromatic carbocycles. The molecular formula is C12H16FN3OS. The summed E-state index contributed by atoms with van der Waals surface area (Å²) in [6.45, 7) is 3.25. The van der Waals surface area contributed by atoms with Crippen molar-refractivity contribution in [3.8, 4) is 0 Å². The van der Waals surface area contributed by atoms with Crippen molar-refractivity contribution < 1.29 is 9.18 Å². The van der Waals surface area contributed by atoms with E-state index in [9.17, 15) is 9.18 Å². The molecule has 1 rings (SSSR count). The molecule has 0 fully saturated rings. The number of nitrogens with zero attached hydrogens (tertiary/aromatic N) is 1. The molecule has 0 aromatic heterocycles. The maximum atomic E-state index is 13.4. The number of hydrogen-bond acceptors (Lipinski definition) is 3. The van der Waals surface area contributed by atoms with Crippen molar-refractivity contribution in [2.75, 3.05) is 13.1 Å². The molecule has 0 aliphatic heterocycles. The van der Waals surface area contributed by atoms with Gasteiger partial charge in [0.25, 0.3) is 0 Å². The lowest BCUT2D eigenvalue weighted by atomic mass is 10.1. The zero-order valence-electron chi connectivity index (χ0n) is 10.1. The lowest BCUT2D eigenvalue weighted by molar-refractivity contribution is -0.119. The first kappa shape index (κ1) is 14.5. The molecule has 0 aliphatic rings. The van der Waals surface area contributed by atoms with Crippen LogP contribution in [-0.2, 0) is 11.3 Å². The minimum Gasteiger partial charge on any atom is -0.389 e. The number of likely N-dealkylation sites (N-methyl/N-ethyl adjacent to an activating group) is 1. The molecule has 18 heavy (non-hydrogen) atoms. The van der Waals surface area contributed by atoms with Gasteiger partial charge in [-0.15, -0.1) is 0 Å². The molecule has 0 bridgehead atoms. The van der Waals surface area contributed by atoms with Crippen LogP contribution in [0.3, 0.4) is 0 Å². The van der Waals surface area contributed by atoms with Crippen molar-refractivity contribution in [1.29, 1.82) is 0 Å². The van der Waals surface area contributed by atoms with Crippen LogP contribution >= 0.6 is 12.2 Å². The Morgan fingerprint density at radius 2 is 2.11 bits per heavy atom. The molecule has 1 amide bonds. The normalized spacial score (nSPS) is 10.6. The molecule has 0 saturated carbocycles. The number of thiocarbonyl (C=S) groups is 1. The Hall–Kier alpha value is -1.53. The monoisotopic (exact) mass is 269 g/mol. The van der Waals surface area contributed by atoms with Crippen molar-refractivity contribution >= 4 is 23.1 Å². The molecule has 0 spiro atoms. The summed E-state index contributed by atoms with van der Waals surface area (Å²) in [5, 5.41) is 0. The van der Waals surface area contributed by atoms with E-state index in [1.807, 2.05) is 11.8 Å². The number of rotatable bonds is 6. The zero-order chi connectivity index (χ0) is 13.7. The van der Waals surface area contributed by atoms with Gasteiger partial charge in [0, 0.05) is 12.1 Å². The van der Waals surface area contributed by atoms with Gasteiger partial charge >= 0.3 is 0 Å². The number of carbonyl (C=O) groups is 1. The van der Waals surface area contributed by atoms with Gasteiger partial charge in [0.05, 0.1) is 6.54 Å². The third-order valence-electron chi connectivity index (χ3n) is 2.53. The van der Waals surface area contributed by atoms with Crippen LogP contribution in [0.1, 0.15) is 18.1 Å². The fourth-order valence-electron chi connectivity index (χ4n) is 1.62. The van der Waals surface area contributed by atoms with E-state index in [2.05, 4.69) is 0 Å². The first-order valence-corrected chi connectivity index (χ1v) is 5.93. The fourth-order valence-corrected chi connectivity index (χ4v) is 1.77. The van der Waals surface area contributed by atoms with Crippen LogP contribution in [0.4, 0.5) is 4.39 Å². The van der Waals surface area contributed by atoms with Crippen molar-refractivity contribution in [3.05, 3.63) is 35.1 Å². The Kier molecular flexibility index (Phi) is 5.18. The first-order valence-electron chi connectivity index (χ1n) is 5.53. The molecular weight excluding hydrogens is 253 g/mol. The first-order chi connectivity index (χ1) is 8.43. The molecule has 4 nitrogen and oxygen atoms in total. The average molecular weight is 269 g/mol. The summed E-state index contributed by atoms with van der Waals surface area (Å²) in [7, 11) is 0. The molecule has 0 radical (unpaired) electrons. The predicted octanol–water partition coefficient (Wildman–Crippen LogP) is 0.767. The largest absolute Gasteiger partial charge is 0.389 e. The van der Waals surface area contributed by atoms with E-state index in [1.54, 1.807) is 12.1 Å². The highest BCUT2D eigenvalue weighted by Gasteiger charge is 2.10. The van der Waals surface area contributed by atoms with Crippen LogP contribution in [0.15, 0.2) is 18.2 Å². The lowest BCUT2D eigenvalue weighted by Gasteiger charge is -2.18. The Labute approximate surface area is 111 Å². The molecule has 0 saturated heterocycles. The number of benzene rings is 1. The van der Waals surface area contributed by atoms with E-state index in [1.165, 1.54) is 6.07 Å². The van der Waals surface area contributed by atoms with Crippen LogP contribution < -0.4 is 11.5 Å². The Morgan fingerprint density at radius 3 is 2.61 bits per heavy atom. The molecule has 6 heteroatoms. The van der Waals surface area contributed by atoms with E-state index < -0.39 is 11.7 Å². The van der Waals surface area contributed by atoms with Crippen molar-refractivity contribution in [1.82, 2.24) is 4.90 Å². The summed E-state index contributed by atoms with van der Waals surface area (Å²) in [6.07, 6.45) is 0. The summed E-state index contributed by atoms with van der Waals surface area (Å²) in [5.41, 5.74) is 11.6. The summed E-state index contributed by atoms with van der Waals surface area (Å²) >= 11 is 4.77. The molecule has 1 aromatic rings. The number of nitrogens with two attached hydrogens (primary N) is 2. The minimum absolute atomic E-state index is 0.0206. The van der Waals surface area contributed by atoms with Gasteiger partial charge in [0.15, 0.2) is 0 Å². The highest BCUT2D eigenvalue weighted by atomic mass is 32.1. The predicted molar refractivity (Wildman–Crippen MR) is 72.4 cm³/mol. The van der Waals surface area contributed by atoms with Gasteiger partial charge in [-0.25, -0.2) is 4.39 Å². The van der Waals surface area contributed by atoms with Crippen molar-refractivity contribution in [2.24, 2.45) is 11.5 Å². The molecule has 4 N–H and O–H groups in total. The summed E-state index contributed by atoms with van der Waals surface area (Å²) in [6, 6.07) is 4.56. The highest BCUT2D eigenvalue weighted by molar-refractivity contribution is 7.80. The van der Waals surface area contributed by atoms with Crippen LogP contribution in [0.2, 0.25) is 0 Å². The molecule has 0 unspecified atom stereocenters. The SMILES string of the molecule is CCN(CC(N)=O)Cc1ccc(F)c(C(N)=S)c1. The van der Waals surface area contributed by atoms with Crippen LogP contribution in [0.25, 0.3) is 0 Å². The van der Waals surface area contributed by atoms with Crippen LogP contribution in [-0.4, -0.2) is 28.9 Å². The second kappa shape index (κ2) is 6.42. The van der Waals surface area contributed by atoms with E-state index >= 15 is 0 Å². The standard InChI is InChI=1S/C12H16FN3OS/c1-2-16(7-11(14)17)6-8-3-4-10(13)9(5-8)12(15)18/h3-5H,2,6-7H2,1H3,(H2,14,17)(H2,15,18). The maximum absolute atomic E-state index is 13.4. The second-order valence-electron chi connectivity index (χ2n) is 3.95. The fraction of sp³-hybridized carbons (Fsp3) is 0.333. The maximum Gasteiger partial charge on any atom is 0.231 e. The summed E-state index contributed by atoms with van der Waals surface area (Å²) in [4.78, 5) is 12.7. The van der Waals surface area contributed by atoms with Crippen LogP contribution in [0, 0.1) is 5.82 Å². The molecule has 0 atom stereocenters. The minimum atomic E-state index is -0.441. The quantitative estimate of drug-likeness (QED) is 0.748. The Morgan fingerprint density at radius 1 is 1.44 bits per heavy atom. The topological polar surface area (TPSA) is 72.3 Å². The Balaban J connectivity index is 2.87. The van der Waals surface area contributed by atoms with Gasteiger partial charge < -0.3 is 11.5 Å². The second-order valence-corrected chi connectivity index (χ2v) is 4.39. The third kappa shape index (κ3) is 4.05. The van der Waals surface area contributed by atoms with Gasteiger partial charge in [-0.05, 0) is 24.2 Å². The highest BCUT2D eigenvalue weighted by Crippen LogP contribution is 2.12. The van der Waals surface area contributed by atoms with Gasteiger partial charge in [0.2, 0.25) is 5.91 Å². The van der Waals surface area contributed by atoms with Crippen molar-refractivity contribution in [2.45, 2.75) is 13.5 Å². The summed E-state index contributed by atoms with van der Waals surface area (Å²) in [5.74, 6) is -0.835. The average Bonchev–Trinajstić information content (AvgIpc) is 2.29. The number of primary amides is 1. The summed E-state index contributed by atoms with van der Waals surface area (Å²) < 4.78 is 13.4. The van der Waals surface area contributed by atoms with E-state index in [0.29, 0.717) is 13.1 Å². The van der Waals surface area contributed by atoms with Crippen LogP contribution in [0.5, 0.6) is 0 Å². The van der Waals surface area contributed by atoms with E-state index in [4.69, 9.17) is 23.7 Å². The lowest BCUT2D eigenvalue weighted by Crippen LogP contribution is -2.33. The van der Waals surface area contributed by atoms with Gasteiger partial charge in [-0.1, -0.05) is 25.2 Å². The molecule has 98 valence electrons. The molecule has 0 heterocycles. The van der Waals surface area contributed by atoms with Gasteiger partial charge in [-0.2, -0.15) is 0 Å². The zero-order valence-corrected chi connectivity index (χ0v) is 11.0. The van der Waals surface area contributed by atoms with Gasteiger partial charge in [0.1, 0.15) is 10.8 Å². The van der Waals surface area contributed by atoms with E-state index in [-0.39, 0.29) is 17.1 Å². The number of halogens is 1. The van der Waals surface area contributed by atoms with E-state index in [0.717, 1.165) is 5.56 Å². The number of carbonyl (C=O) groups excluding carboxylic acids is 1. The Bertz CT molecular complexity index is 465. The molecule has 0 aliphatic carbocycles. The van der Waals surface area contributed by atoms with Crippen molar-refractivity contribution in [3.63, 3.8) is 0 Å². The smallest absolute Gasteiger partial charge is 0.231 e. The third-order valence-corrected chi connectivity index (χ3v) is 2.75. The van der Waals surface area contributed by atoms with Gasteiger partial charge in [-0.3, -0.25) is 9.69 Å². The number of hydrogen-bond donors (Lipinski definition) is 2.